The van der Waals surface area contributed by atoms with Gasteiger partial charge in [0.1, 0.15) is 17.6 Å². The van der Waals surface area contributed by atoms with Crippen LogP contribution in [-0.2, 0) is 16.1 Å². The van der Waals surface area contributed by atoms with E-state index in [1.54, 1.807) is 12.1 Å². The van der Waals surface area contributed by atoms with Crippen LogP contribution in [0, 0.1) is 5.92 Å². The van der Waals surface area contributed by atoms with Gasteiger partial charge < -0.3 is 15.5 Å². The molecule has 3 aromatic rings. The van der Waals surface area contributed by atoms with E-state index in [9.17, 15) is 14.4 Å². The number of thiazole rings is 1. The molecule has 9 nitrogen and oxygen atoms in total. The summed E-state index contributed by atoms with van der Waals surface area (Å²) >= 11 is 1.27. The Labute approximate surface area is 188 Å². The standard InChI is InChI=1S/C22H24N6O3S/c29-17(24-15-6-2-1-3-7-15)12-28-13-23-19-18(21(28)31)32-22(26-19)27-10-4-5-14(11-27)20(30)25-16-8-9-16/h1-3,6-7,13-14,16H,4-5,8-12H2,(H,24,29)(H,25,30)/t14-/m1/s1. The SMILES string of the molecule is O=C(Cn1cnc2nc(N3CCC[C@@H](C(=O)NC4CC4)C3)sc2c1=O)Nc1ccccc1. The molecule has 0 radical (unpaired) electrons. The zero-order chi connectivity index (χ0) is 22.1. The average Bonchev–Trinajstić information content (AvgIpc) is 3.51. The minimum Gasteiger partial charge on any atom is -0.353 e. The van der Waals surface area contributed by atoms with E-state index in [4.69, 9.17) is 0 Å². The van der Waals surface area contributed by atoms with E-state index >= 15 is 0 Å². The average molecular weight is 453 g/mol. The molecule has 10 heteroatoms. The first-order valence-electron chi connectivity index (χ1n) is 10.8. The number of rotatable bonds is 6. The highest BCUT2D eigenvalue weighted by atomic mass is 32.1. The summed E-state index contributed by atoms with van der Waals surface area (Å²) in [5.74, 6) is -0.254. The highest BCUT2D eigenvalue weighted by molar-refractivity contribution is 7.22. The molecule has 2 amide bonds. The molecule has 0 spiro atoms. The van der Waals surface area contributed by atoms with Gasteiger partial charge in [0, 0.05) is 24.8 Å². The van der Waals surface area contributed by atoms with Crippen molar-refractivity contribution < 1.29 is 9.59 Å². The Balaban J connectivity index is 1.30. The number of nitrogens with one attached hydrogen (secondary N) is 2. The van der Waals surface area contributed by atoms with Gasteiger partial charge in [-0.25, -0.2) is 4.98 Å². The van der Waals surface area contributed by atoms with Crippen molar-refractivity contribution in [3.63, 3.8) is 0 Å². The van der Waals surface area contributed by atoms with Gasteiger partial charge >= 0.3 is 0 Å². The van der Waals surface area contributed by atoms with Crippen LogP contribution in [-0.4, -0.2) is 45.5 Å². The first-order valence-corrected chi connectivity index (χ1v) is 11.6. The Kier molecular flexibility index (Phi) is 5.60. The number of aromatic nitrogens is 3. The number of carbonyl (C=O) groups excluding carboxylic acids is 2. The van der Waals surface area contributed by atoms with Crippen molar-refractivity contribution in [3.05, 3.63) is 47.0 Å². The molecule has 1 saturated carbocycles. The zero-order valence-electron chi connectivity index (χ0n) is 17.5. The van der Waals surface area contributed by atoms with E-state index < -0.39 is 0 Å². The number of benzene rings is 1. The third kappa shape index (κ3) is 4.50. The first kappa shape index (κ1) is 20.6. The molecule has 2 N–H and O–H groups in total. The summed E-state index contributed by atoms with van der Waals surface area (Å²) in [5, 5.41) is 6.55. The van der Waals surface area contributed by atoms with Crippen LogP contribution in [0.3, 0.4) is 0 Å². The van der Waals surface area contributed by atoms with Crippen LogP contribution in [0.5, 0.6) is 0 Å². The van der Waals surface area contributed by atoms with Gasteiger partial charge in [0.05, 0.1) is 5.92 Å². The Bertz CT molecular complexity index is 1200. The molecule has 1 aliphatic carbocycles. The lowest BCUT2D eigenvalue weighted by molar-refractivity contribution is -0.125. The number of anilines is 2. The second-order valence-corrected chi connectivity index (χ2v) is 9.29. The van der Waals surface area contributed by atoms with Crippen LogP contribution in [0.15, 0.2) is 41.5 Å². The van der Waals surface area contributed by atoms with Crippen LogP contribution < -0.4 is 21.1 Å². The third-order valence-electron chi connectivity index (χ3n) is 5.73. The monoisotopic (exact) mass is 452 g/mol. The summed E-state index contributed by atoms with van der Waals surface area (Å²) in [7, 11) is 0. The smallest absolute Gasteiger partial charge is 0.273 e. The summed E-state index contributed by atoms with van der Waals surface area (Å²) in [5.41, 5.74) is 0.756. The molecule has 166 valence electrons. The Hall–Kier alpha value is -3.27. The van der Waals surface area contributed by atoms with E-state index in [1.165, 1.54) is 22.2 Å². The van der Waals surface area contributed by atoms with Gasteiger partial charge in [-0.15, -0.1) is 0 Å². The molecule has 5 rings (SSSR count). The van der Waals surface area contributed by atoms with Gasteiger partial charge in [0.25, 0.3) is 5.56 Å². The first-order chi connectivity index (χ1) is 15.6. The molecular weight excluding hydrogens is 428 g/mol. The van der Waals surface area contributed by atoms with Gasteiger partial charge in [-0.1, -0.05) is 29.5 Å². The van der Waals surface area contributed by atoms with E-state index in [1.807, 2.05) is 18.2 Å². The second kappa shape index (κ2) is 8.70. The van der Waals surface area contributed by atoms with E-state index in [-0.39, 0.29) is 29.8 Å². The van der Waals surface area contributed by atoms with Crippen molar-refractivity contribution in [1.82, 2.24) is 19.9 Å². The fraction of sp³-hybridized carbons (Fsp3) is 0.409. The van der Waals surface area contributed by atoms with E-state index in [2.05, 4.69) is 25.5 Å². The number of nitrogens with zero attached hydrogens (tertiary/aromatic N) is 4. The van der Waals surface area contributed by atoms with Gasteiger partial charge in [-0.3, -0.25) is 19.0 Å². The van der Waals surface area contributed by atoms with Crippen molar-refractivity contribution in [2.75, 3.05) is 23.3 Å². The van der Waals surface area contributed by atoms with Crippen molar-refractivity contribution in [2.24, 2.45) is 5.92 Å². The molecule has 2 fully saturated rings. The topological polar surface area (TPSA) is 109 Å². The number of piperidine rings is 1. The molecular formula is C22H24N6O3S. The zero-order valence-corrected chi connectivity index (χ0v) is 18.3. The number of amides is 2. The van der Waals surface area contributed by atoms with Crippen molar-refractivity contribution in [2.45, 2.75) is 38.3 Å². The second-order valence-electron chi connectivity index (χ2n) is 8.31. The van der Waals surface area contributed by atoms with Gasteiger partial charge in [0.2, 0.25) is 11.8 Å². The Morgan fingerprint density at radius 2 is 1.97 bits per heavy atom. The minimum atomic E-state index is -0.301. The summed E-state index contributed by atoms with van der Waals surface area (Å²) in [6.07, 6.45) is 5.26. The fourth-order valence-corrected chi connectivity index (χ4v) is 4.88. The van der Waals surface area contributed by atoms with Crippen molar-refractivity contribution in [3.8, 4) is 0 Å². The maximum atomic E-state index is 12.9. The molecule has 1 aliphatic heterocycles. The summed E-state index contributed by atoms with van der Waals surface area (Å²) in [4.78, 5) is 48.7. The highest BCUT2D eigenvalue weighted by Gasteiger charge is 2.31. The van der Waals surface area contributed by atoms with Crippen LogP contribution in [0.2, 0.25) is 0 Å². The molecule has 1 saturated heterocycles. The molecule has 32 heavy (non-hydrogen) atoms. The number of carbonyl (C=O) groups is 2. The number of hydrogen-bond donors (Lipinski definition) is 2. The highest BCUT2D eigenvalue weighted by Crippen LogP contribution is 2.30. The van der Waals surface area contributed by atoms with E-state index in [0.29, 0.717) is 33.8 Å². The molecule has 1 atom stereocenters. The summed E-state index contributed by atoms with van der Waals surface area (Å²) < 4.78 is 1.71. The predicted octanol–water partition coefficient (Wildman–Crippen LogP) is 1.99. The fourth-order valence-electron chi connectivity index (χ4n) is 3.87. The maximum absolute atomic E-state index is 12.9. The molecule has 0 bridgehead atoms. The largest absolute Gasteiger partial charge is 0.353 e. The minimum absolute atomic E-state index is 0.0670. The molecule has 2 aliphatic rings. The number of fused-ring (bicyclic) bond motifs is 1. The molecule has 1 aromatic carbocycles. The van der Waals surface area contributed by atoms with Crippen molar-refractivity contribution in [1.29, 1.82) is 0 Å². The molecule has 3 heterocycles. The van der Waals surface area contributed by atoms with Crippen molar-refractivity contribution >= 4 is 44.3 Å². The van der Waals surface area contributed by atoms with Crippen LogP contribution >= 0.6 is 11.3 Å². The quantitative estimate of drug-likeness (QED) is 0.592. The van der Waals surface area contributed by atoms with Gasteiger partial charge in [0.15, 0.2) is 10.8 Å². The van der Waals surface area contributed by atoms with Gasteiger partial charge in [-0.05, 0) is 37.8 Å². The van der Waals surface area contributed by atoms with Crippen LogP contribution in [0.25, 0.3) is 10.3 Å². The Morgan fingerprint density at radius 3 is 2.75 bits per heavy atom. The molecule has 2 aromatic heterocycles. The third-order valence-corrected chi connectivity index (χ3v) is 6.82. The lowest BCUT2D eigenvalue weighted by atomic mass is 9.97. The number of para-hydroxylation sites is 1. The van der Waals surface area contributed by atoms with E-state index in [0.717, 1.165) is 32.2 Å². The molecule has 0 unspecified atom stereocenters. The van der Waals surface area contributed by atoms with Crippen LogP contribution in [0.1, 0.15) is 25.7 Å². The lowest BCUT2D eigenvalue weighted by Gasteiger charge is -2.31. The normalized spacial score (nSPS) is 18.5. The van der Waals surface area contributed by atoms with Crippen LogP contribution in [0.4, 0.5) is 10.8 Å². The predicted molar refractivity (Wildman–Crippen MR) is 123 cm³/mol. The summed E-state index contributed by atoms with van der Waals surface area (Å²) in [6, 6.07) is 9.44. The summed E-state index contributed by atoms with van der Waals surface area (Å²) in [6.45, 7) is 1.25. The lowest BCUT2D eigenvalue weighted by Crippen LogP contribution is -2.43. The van der Waals surface area contributed by atoms with Gasteiger partial charge in [-0.2, -0.15) is 4.98 Å². The Morgan fingerprint density at radius 1 is 1.16 bits per heavy atom. The number of hydrogen-bond acceptors (Lipinski definition) is 7. The maximum Gasteiger partial charge on any atom is 0.273 e.